The Hall–Kier alpha value is -3.94. The van der Waals surface area contributed by atoms with E-state index >= 15 is 4.39 Å². The Labute approximate surface area is 193 Å². The van der Waals surface area contributed by atoms with E-state index in [-0.39, 0.29) is 5.82 Å². The Morgan fingerprint density at radius 2 is 1.74 bits per heavy atom. The Morgan fingerprint density at radius 3 is 2.44 bits per heavy atom. The van der Waals surface area contributed by atoms with Crippen molar-refractivity contribution < 1.29 is 27.0 Å². The lowest BCUT2D eigenvalue weighted by molar-refractivity contribution is -0.0522. The van der Waals surface area contributed by atoms with Crippen molar-refractivity contribution in [2.45, 2.75) is 19.5 Å². The van der Waals surface area contributed by atoms with Crippen molar-refractivity contribution in [2.24, 2.45) is 0 Å². The standard InChI is InChI=1S/C26H20F4N2O2/c1-2-11-33-20-14-31-25(32-15-20)19-8-9-21-18(13-19)7-6-17(24(21)28)5-3-16-4-10-23(22(27)12-16)34-26(29)30/h2,4,6-10,12-15,26H,1,3,5,11H2. The van der Waals surface area contributed by atoms with E-state index in [0.717, 1.165) is 17.7 Å². The fourth-order valence-corrected chi connectivity index (χ4v) is 3.53. The zero-order chi connectivity index (χ0) is 24.1. The van der Waals surface area contributed by atoms with Crippen molar-refractivity contribution in [3.8, 4) is 22.9 Å². The third kappa shape index (κ3) is 5.33. The van der Waals surface area contributed by atoms with Crippen LogP contribution in [0.5, 0.6) is 11.5 Å². The first-order chi connectivity index (χ1) is 16.4. The fourth-order valence-electron chi connectivity index (χ4n) is 3.53. The van der Waals surface area contributed by atoms with Gasteiger partial charge in [0.2, 0.25) is 0 Å². The molecule has 0 aliphatic carbocycles. The first kappa shape index (κ1) is 23.2. The van der Waals surface area contributed by atoms with Gasteiger partial charge in [0.25, 0.3) is 0 Å². The highest BCUT2D eigenvalue weighted by Crippen LogP contribution is 2.27. The summed E-state index contributed by atoms with van der Waals surface area (Å²) in [6.45, 7) is 0.839. The smallest absolute Gasteiger partial charge is 0.387 e. The fraction of sp³-hybridized carbons (Fsp3) is 0.154. The number of benzene rings is 3. The summed E-state index contributed by atoms with van der Waals surface area (Å²) in [5, 5.41) is 1.13. The second-order valence-electron chi connectivity index (χ2n) is 7.46. The number of hydrogen-bond donors (Lipinski definition) is 0. The minimum atomic E-state index is -3.10. The van der Waals surface area contributed by atoms with Gasteiger partial charge in [0.05, 0.1) is 12.4 Å². The molecule has 4 rings (SSSR count). The maximum atomic E-state index is 15.1. The van der Waals surface area contributed by atoms with Crippen LogP contribution in [-0.4, -0.2) is 23.2 Å². The predicted molar refractivity (Wildman–Crippen MR) is 121 cm³/mol. The zero-order valence-electron chi connectivity index (χ0n) is 18.0. The molecule has 0 N–H and O–H groups in total. The van der Waals surface area contributed by atoms with Crippen LogP contribution >= 0.6 is 0 Å². The summed E-state index contributed by atoms with van der Waals surface area (Å²) in [7, 11) is 0. The van der Waals surface area contributed by atoms with E-state index in [1.165, 1.54) is 6.07 Å². The number of aryl methyl sites for hydroxylation is 2. The van der Waals surface area contributed by atoms with Gasteiger partial charge >= 0.3 is 6.61 Å². The summed E-state index contributed by atoms with van der Waals surface area (Å²) in [6, 6.07) is 12.5. The summed E-state index contributed by atoms with van der Waals surface area (Å²) in [5.41, 5.74) is 1.75. The molecule has 8 heteroatoms. The van der Waals surface area contributed by atoms with Crippen molar-refractivity contribution in [1.82, 2.24) is 9.97 Å². The van der Waals surface area contributed by atoms with E-state index in [4.69, 9.17) is 4.74 Å². The molecule has 0 fully saturated rings. The molecule has 0 atom stereocenters. The summed E-state index contributed by atoms with van der Waals surface area (Å²) in [5.74, 6) is -0.757. The number of aromatic nitrogens is 2. The number of nitrogens with zero attached hydrogens (tertiary/aromatic N) is 2. The van der Waals surface area contributed by atoms with E-state index in [0.29, 0.717) is 52.9 Å². The second-order valence-corrected chi connectivity index (χ2v) is 7.46. The van der Waals surface area contributed by atoms with Crippen LogP contribution in [0.4, 0.5) is 17.6 Å². The highest BCUT2D eigenvalue weighted by Gasteiger charge is 2.13. The first-order valence-corrected chi connectivity index (χ1v) is 10.4. The molecule has 0 aliphatic rings. The number of alkyl halides is 2. The Morgan fingerprint density at radius 1 is 0.941 bits per heavy atom. The Balaban J connectivity index is 1.49. The minimum Gasteiger partial charge on any atom is -0.486 e. The maximum absolute atomic E-state index is 15.1. The lowest BCUT2D eigenvalue weighted by Crippen LogP contribution is -2.04. The maximum Gasteiger partial charge on any atom is 0.387 e. The van der Waals surface area contributed by atoms with Gasteiger partial charge in [0, 0.05) is 10.9 Å². The van der Waals surface area contributed by atoms with Crippen molar-refractivity contribution >= 4 is 10.8 Å². The van der Waals surface area contributed by atoms with Gasteiger partial charge in [-0.2, -0.15) is 8.78 Å². The number of rotatable bonds is 9. The van der Waals surface area contributed by atoms with Crippen molar-refractivity contribution in [1.29, 1.82) is 0 Å². The lowest BCUT2D eigenvalue weighted by atomic mass is 9.99. The molecule has 0 saturated heterocycles. The minimum absolute atomic E-state index is 0.313. The van der Waals surface area contributed by atoms with Gasteiger partial charge in [-0.1, -0.05) is 43.0 Å². The third-order valence-corrected chi connectivity index (χ3v) is 5.18. The molecule has 174 valence electrons. The predicted octanol–water partition coefficient (Wildman–Crippen LogP) is 6.53. The molecule has 0 unspecified atom stereocenters. The van der Waals surface area contributed by atoms with E-state index in [1.54, 1.807) is 48.8 Å². The molecular formula is C26H20F4N2O2. The van der Waals surface area contributed by atoms with Crippen LogP contribution in [0, 0.1) is 11.6 Å². The van der Waals surface area contributed by atoms with Crippen LogP contribution < -0.4 is 9.47 Å². The Bertz CT molecular complexity index is 1310. The molecule has 34 heavy (non-hydrogen) atoms. The normalized spacial score (nSPS) is 11.1. The molecule has 1 aromatic heterocycles. The number of fused-ring (bicyclic) bond motifs is 1. The summed E-state index contributed by atoms with van der Waals surface area (Å²) < 4.78 is 63.1. The van der Waals surface area contributed by atoms with E-state index in [1.807, 2.05) is 0 Å². The summed E-state index contributed by atoms with van der Waals surface area (Å²) in [4.78, 5) is 8.59. The lowest BCUT2D eigenvalue weighted by Gasteiger charge is -2.10. The monoisotopic (exact) mass is 468 g/mol. The van der Waals surface area contributed by atoms with E-state index < -0.39 is 18.2 Å². The van der Waals surface area contributed by atoms with E-state index in [9.17, 15) is 13.2 Å². The van der Waals surface area contributed by atoms with Crippen LogP contribution in [-0.2, 0) is 12.8 Å². The van der Waals surface area contributed by atoms with Crippen LogP contribution in [0.2, 0.25) is 0 Å². The highest BCUT2D eigenvalue weighted by atomic mass is 19.3. The molecule has 0 amide bonds. The van der Waals surface area contributed by atoms with Crippen molar-refractivity contribution in [3.05, 3.63) is 96.3 Å². The van der Waals surface area contributed by atoms with Gasteiger partial charge in [0.1, 0.15) is 12.4 Å². The summed E-state index contributed by atoms with van der Waals surface area (Å²) in [6.07, 6.45) is 5.40. The van der Waals surface area contributed by atoms with Gasteiger partial charge in [-0.15, -0.1) is 0 Å². The molecule has 4 aromatic rings. The molecule has 0 bridgehead atoms. The van der Waals surface area contributed by atoms with Gasteiger partial charge < -0.3 is 9.47 Å². The van der Waals surface area contributed by atoms with Gasteiger partial charge in [-0.3, -0.25) is 0 Å². The quantitative estimate of drug-likeness (QED) is 0.207. The number of hydrogen-bond acceptors (Lipinski definition) is 4. The van der Waals surface area contributed by atoms with Crippen LogP contribution in [0.3, 0.4) is 0 Å². The van der Waals surface area contributed by atoms with Crippen LogP contribution in [0.1, 0.15) is 11.1 Å². The molecule has 4 nitrogen and oxygen atoms in total. The SMILES string of the molecule is C=CCOc1cnc(-c2ccc3c(F)c(CCc4ccc(OC(F)F)c(F)c4)ccc3c2)nc1. The third-order valence-electron chi connectivity index (χ3n) is 5.18. The first-order valence-electron chi connectivity index (χ1n) is 10.4. The molecule has 0 aliphatic heterocycles. The molecule has 0 saturated carbocycles. The highest BCUT2D eigenvalue weighted by molar-refractivity contribution is 5.87. The summed E-state index contributed by atoms with van der Waals surface area (Å²) >= 11 is 0. The van der Waals surface area contributed by atoms with Gasteiger partial charge in [-0.05, 0) is 47.6 Å². The van der Waals surface area contributed by atoms with E-state index in [2.05, 4.69) is 21.3 Å². The Kier molecular flexibility index (Phi) is 7.06. The van der Waals surface area contributed by atoms with Crippen molar-refractivity contribution in [2.75, 3.05) is 6.61 Å². The van der Waals surface area contributed by atoms with Crippen molar-refractivity contribution in [3.63, 3.8) is 0 Å². The molecule has 1 heterocycles. The zero-order valence-corrected chi connectivity index (χ0v) is 18.0. The molecule has 3 aromatic carbocycles. The number of ether oxygens (including phenoxy) is 2. The van der Waals surface area contributed by atoms with Gasteiger partial charge in [0.15, 0.2) is 23.1 Å². The van der Waals surface area contributed by atoms with Gasteiger partial charge in [-0.25, -0.2) is 18.7 Å². The molecular weight excluding hydrogens is 448 g/mol. The second kappa shape index (κ2) is 10.3. The average Bonchev–Trinajstić information content (AvgIpc) is 2.84. The topological polar surface area (TPSA) is 44.2 Å². The molecule has 0 radical (unpaired) electrons. The average molecular weight is 468 g/mol. The van der Waals surface area contributed by atoms with Crippen LogP contribution in [0.15, 0.2) is 73.6 Å². The largest absolute Gasteiger partial charge is 0.486 e. The molecule has 0 spiro atoms. The number of halogens is 4. The van der Waals surface area contributed by atoms with Crippen LogP contribution in [0.25, 0.3) is 22.2 Å².